The minimum absolute atomic E-state index is 0.0534. The number of carbonyl (C=O) groups is 2. The number of aliphatic hydroxyl groups is 1. The molecule has 1 amide bonds. The van der Waals surface area contributed by atoms with Crippen LogP contribution in [-0.4, -0.2) is 36.7 Å². The van der Waals surface area contributed by atoms with Crippen molar-refractivity contribution in [3.8, 4) is 0 Å². The van der Waals surface area contributed by atoms with Gasteiger partial charge in [0.1, 0.15) is 0 Å². The van der Waals surface area contributed by atoms with Crippen molar-refractivity contribution >= 4 is 17.6 Å². The van der Waals surface area contributed by atoms with Crippen LogP contribution in [0.5, 0.6) is 0 Å². The maximum absolute atomic E-state index is 12.3. The second-order valence-corrected chi connectivity index (χ2v) is 6.40. The summed E-state index contributed by atoms with van der Waals surface area (Å²) in [5.74, 6) is -0.958. The van der Waals surface area contributed by atoms with Gasteiger partial charge in [-0.15, -0.1) is 0 Å². The Labute approximate surface area is 159 Å². The van der Waals surface area contributed by atoms with E-state index in [1.807, 2.05) is 39.0 Å². The smallest absolute Gasteiger partial charge is 0.340 e. The van der Waals surface area contributed by atoms with Crippen molar-refractivity contribution in [3.63, 3.8) is 0 Å². The molecule has 27 heavy (non-hydrogen) atoms. The Morgan fingerprint density at radius 2 is 1.85 bits per heavy atom. The van der Waals surface area contributed by atoms with Crippen LogP contribution in [0.15, 0.2) is 42.5 Å². The fraction of sp³-hybridized carbons (Fsp3) is 0.333. The average molecular weight is 370 g/mol. The van der Waals surface area contributed by atoms with Gasteiger partial charge in [-0.3, -0.25) is 4.79 Å². The number of rotatable bonds is 8. The Bertz CT molecular complexity index is 805. The standard InChI is InChI=1S/C21H26N2O4/c1-14-8-9-17(12-15(14)2)16(3)23-20(25)13-27-21(26)18-6-4-5-7-19(18)22-10-11-24/h4-9,12,16,22,24H,10-11,13H2,1-3H3,(H,23,25)/t16-/m1/s1. The molecule has 0 aliphatic heterocycles. The highest BCUT2D eigenvalue weighted by atomic mass is 16.5. The Balaban J connectivity index is 1.91. The minimum atomic E-state index is -0.593. The molecule has 0 aliphatic rings. The van der Waals surface area contributed by atoms with Crippen LogP contribution in [0.4, 0.5) is 5.69 Å². The summed E-state index contributed by atoms with van der Waals surface area (Å²) in [6.45, 7) is 5.85. The van der Waals surface area contributed by atoms with Gasteiger partial charge in [-0.25, -0.2) is 4.79 Å². The summed E-state index contributed by atoms with van der Waals surface area (Å²) < 4.78 is 5.14. The maximum Gasteiger partial charge on any atom is 0.340 e. The van der Waals surface area contributed by atoms with Crippen LogP contribution in [0.3, 0.4) is 0 Å². The fourth-order valence-electron chi connectivity index (χ4n) is 2.62. The Morgan fingerprint density at radius 1 is 1.11 bits per heavy atom. The zero-order valence-corrected chi connectivity index (χ0v) is 15.9. The van der Waals surface area contributed by atoms with Crippen molar-refractivity contribution in [3.05, 3.63) is 64.7 Å². The highest BCUT2D eigenvalue weighted by molar-refractivity contribution is 5.96. The summed E-state index contributed by atoms with van der Waals surface area (Å²) in [5, 5.41) is 14.7. The molecule has 0 unspecified atom stereocenters. The first-order valence-corrected chi connectivity index (χ1v) is 8.89. The molecule has 6 nitrogen and oxygen atoms in total. The molecule has 0 aromatic heterocycles. The van der Waals surface area contributed by atoms with E-state index in [4.69, 9.17) is 9.84 Å². The minimum Gasteiger partial charge on any atom is -0.452 e. The second-order valence-electron chi connectivity index (χ2n) is 6.40. The number of aliphatic hydroxyl groups excluding tert-OH is 1. The lowest BCUT2D eigenvalue weighted by atomic mass is 10.0. The molecule has 3 N–H and O–H groups in total. The average Bonchev–Trinajstić information content (AvgIpc) is 2.66. The van der Waals surface area contributed by atoms with E-state index in [2.05, 4.69) is 10.6 Å². The van der Waals surface area contributed by atoms with E-state index < -0.39 is 5.97 Å². The van der Waals surface area contributed by atoms with Gasteiger partial charge < -0.3 is 20.5 Å². The molecule has 0 aliphatic carbocycles. The molecule has 6 heteroatoms. The Kier molecular flexibility index (Phi) is 7.37. The predicted octanol–water partition coefficient (Wildman–Crippen LogP) is 2.74. The van der Waals surface area contributed by atoms with Gasteiger partial charge in [0, 0.05) is 12.2 Å². The molecule has 1 atom stereocenters. The summed E-state index contributed by atoms with van der Waals surface area (Å²) in [7, 11) is 0. The first-order chi connectivity index (χ1) is 12.9. The normalized spacial score (nSPS) is 11.6. The summed E-state index contributed by atoms with van der Waals surface area (Å²) >= 11 is 0. The summed E-state index contributed by atoms with van der Waals surface area (Å²) in [5.41, 5.74) is 4.23. The highest BCUT2D eigenvalue weighted by Gasteiger charge is 2.16. The van der Waals surface area contributed by atoms with Crippen LogP contribution < -0.4 is 10.6 Å². The summed E-state index contributed by atoms with van der Waals surface area (Å²) in [4.78, 5) is 24.4. The Hall–Kier alpha value is -2.86. The fourth-order valence-corrected chi connectivity index (χ4v) is 2.62. The summed E-state index contributed by atoms with van der Waals surface area (Å²) in [6, 6.07) is 12.7. The lowest BCUT2D eigenvalue weighted by Gasteiger charge is -2.16. The molecular formula is C21H26N2O4. The molecule has 2 rings (SSSR count). The maximum atomic E-state index is 12.3. The van der Waals surface area contributed by atoms with Gasteiger partial charge in [-0.05, 0) is 49.6 Å². The molecule has 0 heterocycles. The number of esters is 1. The largest absolute Gasteiger partial charge is 0.452 e. The SMILES string of the molecule is Cc1ccc([C@@H](C)NC(=O)COC(=O)c2ccccc2NCCO)cc1C. The molecule has 0 radical (unpaired) electrons. The molecule has 0 saturated carbocycles. The first kappa shape index (κ1) is 20.5. The number of amides is 1. The molecule has 0 fully saturated rings. The lowest BCUT2D eigenvalue weighted by Crippen LogP contribution is -2.31. The number of nitrogens with one attached hydrogen (secondary N) is 2. The van der Waals surface area contributed by atoms with Crippen LogP contribution in [0, 0.1) is 13.8 Å². The van der Waals surface area contributed by atoms with Crippen molar-refractivity contribution in [1.82, 2.24) is 5.32 Å². The van der Waals surface area contributed by atoms with E-state index in [0.29, 0.717) is 17.8 Å². The zero-order valence-electron chi connectivity index (χ0n) is 15.9. The number of para-hydroxylation sites is 1. The number of hydrogen-bond donors (Lipinski definition) is 3. The summed E-state index contributed by atoms with van der Waals surface area (Å²) in [6.07, 6.45) is 0. The molecule has 144 valence electrons. The number of ether oxygens (including phenoxy) is 1. The zero-order chi connectivity index (χ0) is 19.8. The molecular weight excluding hydrogens is 344 g/mol. The van der Waals surface area contributed by atoms with Crippen molar-refractivity contribution in [2.75, 3.05) is 25.1 Å². The van der Waals surface area contributed by atoms with Gasteiger partial charge in [0.2, 0.25) is 0 Å². The van der Waals surface area contributed by atoms with Crippen molar-refractivity contribution in [1.29, 1.82) is 0 Å². The van der Waals surface area contributed by atoms with Gasteiger partial charge in [-0.2, -0.15) is 0 Å². The monoisotopic (exact) mass is 370 g/mol. The van der Waals surface area contributed by atoms with E-state index in [9.17, 15) is 9.59 Å². The predicted molar refractivity (Wildman–Crippen MR) is 105 cm³/mol. The van der Waals surface area contributed by atoms with Gasteiger partial charge in [0.05, 0.1) is 18.2 Å². The number of anilines is 1. The van der Waals surface area contributed by atoms with Gasteiger partial charge in [0.15, 0.2) is 6.61 Å². The van der Waals surface area contributed by atoms with Crippen LogP contribution in [-0.2, 0) is 9.53 Å². The Morgan fingerprint density at radius 3 is 2.56 bits per heavy atom. The topological polar surface area (TPSA) is 87.7 Å². The molecule has 0 bridgehead atoms. The van der Waals surface area contributed by atoms with Gasteiger partial charge in [-0.1, -0.05) is 30.3 Å². The van der Waals surface area contributed by atoms with Gasteiger partial charge >= 0.3 is 5.97 Å². The highest BCUT2D eigenvalue weighted by Crippen LogP contribution is 2.17. The number of hydrogen-bond acceptors (Lipinski definition) is 5. The molecule has 0 saturated heterocycles. The van der Waals surface area contributed by atoms with Crippen LogP contribution >= 0.6 is 0 Å². The lowest BCUT2D eigenvalue weighted by molar-refractivity contribution is -0.124. The van der Waals surface area contributed by atoms with Crippen molar-refractivity contribution in [2.45, 2.75) is 26.8 Å². The van der Waals surface area contributed by atoms with Crippen LogP contribution in [0.1, 0.15) is 40.0 Å². The van der Waals surface area contributed by atoms with Crippen molar-refractivity contribution in [2.24, 2.45) is 0 Å². The number of carbonyl (C=O) groups excluding carboxylic acids is 2. The van der Waals surface area contributed by atoms with E-state index in [0.717, 1.165) is 11.1 Å². The third kappa shape index (κ3) is 5.82. The molecule has 2 aromatic rings. The van der Waals surface area contributed by atoms with E-state index in [1.165, 1.54) is 5.56 Å². The van der Waals surface area contributed by atoms with E-state index in [1.54, 1.807) is 24.3 Å². The van der Waals surface area contributed by atoms with E-state index >= 15 is 0 Å². The quantitative estimate of drug-likeness (QED) is 0.622. The number of aryl methyl sites for hydroxylation is 2. The number of benzene rings is 2. The second kappa shape index (κ2) is 9.73. The van der Waals surface area contributed by atoms with Gasteiger partial charge in [0.25, 0.3) is 5.91 Å². The first-order valence-electron chi connectivity index (χ1n) is 8.89. The third-order valence-corrected chi connectivity index (χ3v) is 4.32. The third-order valence-electron chi connectivity index (χ3n) is 4.32. The molecule has 2 aromatic carbocycles. The van der Waals surface area contributed by atoms with Crippen LogP contribution in [0.2, 0.25) is 0 Å². The van der Waals surface area contributed by atoms with Crippen molar-refractivity contribution < 1.29 is 19.4 Å². The van der Waals surface area contributed by atoms with Crippen LogP contribution in [0.25, 0.3) is 0 Å². The molecule has 0 spiro atoms. The van der Waals surface area contributed by atoms with E-state index in [-0.39, 0.29) is 25.2 Å².